The Hall–Kier alpha value is -1.61. The summed E-state index contributed by atoms with van der Waals surface area (Å²) >= 11 is 0. The average molecular weight is 206 g/mol. The summed E-state index contributed by atoms with van der Waals surface area (Å²) in [5, 5.41) is 9.05. The molecule has 1 aromatic rings. The van der Waals surface area contributed by atoms with Gasteiger partial charge >= 0.3 is 5.97 Å². The van der Waals surface area contributed by atoms with Crippen molar-refractivity contribution in [3.8, 4) is 0 Å². The topological polar surface area (TPSA) is 46.5 Å². The SMILES string of the molecule is COCC=C(C(=O)O)c1ccccc1C. The zero-order valence-corrected chi connectivity index (χ0v) is 8.86. The van der Waals surface area contributed by atoms with E-state index in [4.69, 9.17) is 9.84 Å². The van der Waals surface area contributed by atoms with E-state index in [1.165, 1.54) is 7.11 Å². The molecule has 3 heteroatoms. The number of methoxy groups -OCH3 is 1. The maximum Gasteiger partial charge on any atom is 0.336 e. The molecule has 0 radical (unpaired) electrons. The Balaban J connectivity index is 3.10. The first kappa shape index (κ1) is 11.5. The number of carbonyl (C=O) groups is 1. The minimum absolute atomic E-state index is 0.287. The fourth-order valence-electron chi connectivity index (χ4n) is 1.35. The minimum atomic E-state index is -0.929. The van der Waals surface area contributed by atoms with Crippen molar-refractivity contribution >= 4 is 11.5 Å². The first-order valence-corrected chi connectivity index (χ1v) is 4.65. The van der Waals surface area contributed by atoms with E-state index < -0.39 is 5.97 Å². The second-order valence-electron chi connectivity index (χ2n) is 3.19. The monoisotopic (exact) mass is 206 g/mol. The Labute approximate surface area is 89.0 Å². The highest BCUT2D eigenvalue weighted by molar-refractivity contribution is 6.15. The summed E-state index contributed by atoms with van der Waals surface area (Å²) < 4.78 is 4.84. The molecule has 0 aliphatic carbocycles. The average Bonchev–Trinajstić information content (AvgIpc) is 2.20. The molecule has 0 fully saturated rings. The van der Waals surface area contributed by atoms with Crippen molar-refractivity contribution in [2.45, 2.75) is 6.92 Å². The maximum absolute atomic E-state index is 11.0. The van der Waals surface area contributed by atoms with E-state index in [0.717, 1.165) is 11.1 Å². The maximum atomic E-state index is 11.0. The van der Waals surface area contributed by atoms with Crippen LogP contribution in [0.15, 0.2) is 30.3 Å². The third kappa shape index (κ3) is 2.92. The molecule has 0 saturated heterocycles. The van der Waals surface area contributed by atoms with Crippen LogP contribution < -0.4 is 0 Å². The van der Waals surface area contributed by atoms with Crippen LogP contribution in [0.3, 0.4) is 0 Å². The van der Waals surface area contributed by atoms with Crippen LogP contribution in [0.2, 0.25) is 0 Å². The molecular weight excluding hydrogens is 192 g/mol. The molecule has 0 amide bonds. The second-order valence-corrected chi connectivity index (χ2v) is 3.19. The molecule has 15 heavy (non-hydrogen) atoms. The fraction of sp³-hybridized carbons (Fsp3) is 0.250. The number of aliphatic carboxylic acids is 1. The van der Waals surface area contributed by atoms with E-state index >= 15 is 0 Å². The fourth-order valence-corrected chi connectivity index (χ4v) is 1.35. The number of carboxylic acids is 1. The largest absolute Gasteiger partial charge is 0.478 e. The lowest BCUT2D eigenvalue weighted by Gasteiger charge is -2.06. The molecule has 0 bridgehead atoms. The molecule has 0 spiro atoms. The molecule has 0 aliphatic heterocycles. The van der Waals surface area contributed by atoms with Crippen molar-refractivity contribution in [1.82, 2.24) is 0 Å². The number of ether oxygens (including phenoxy) is 1. The van der Waals surface area contributed by atoms with E-state index in [1.807, 2.05) is 25.1 Å². The van der Waals surface area contributed by atoms with Crippen molar-refractivity contribution < 1.29 is 14.6 Å². The van der Waals surface area contributed by atoms with Gasteiger partial charge in [-0.25, -0.2) is 4.79 Å². The van der Waals surface area contributed by atoms with Gasteiger partial charge in [-0.05, 0) is 24.1 Å². The number of hydrogen-bond acceptors (Lipinski definition) is 2. The lowest BCUT2D eigenvalue weighted by atomic mass is 10.0. The predicted molar refractivity (Wildman–Crippen MR) is 58.7 cm³/mol. The Morgan fingerprint density at radius 2 is 2.13 bits per heavy atom. The van der Waals surface area contributed by atoms with Crippen LogP contribution in [0.5, 0.6) is 0 Å². The van der Waals surface area contributed by atoms with E-state index in [0.29, 0.717) is 6.61 Å². The highest BCUT2D eigenvalue weighted by Crippen LogP contribution is 2.18. The predicted octanol–water partition coefficient (Wildman–Crippen LogP) is 2.11. The van der Waals surface area contributed by atoms with Crippen molar-refractivity contribution in [1.29, 1.82) is 0 Å². The van der Waals surface area contributed by atoms with E-state index in [1.54, 1.807) is 12.1 Å². The number of benzene rings is 1. The summed E-state index contributed by atoms with van der Waals surface area (Å²) in [5.41, 5.74) is 1.97. The van der Waals surface area contributed by atoms with Gasteiger partial charge in [-0.15, -0.1) is 0 Å². The highest BCUT2D eigenvalue weighted by atomic mass is 16.5. The van der Waals surface area contributed by atoms with Crippen LogP contribution in [0.25, 0.3) is 5.57 Å². The Morgan fingerprint density at radius 1 is 1.47 bits per heavy atom. The van der Waals surface area contributed by atoms with E-state index in [2.05, 4.69) is 0 Å². The Morgan fingerprint density at radius 3 is 2.67 bits per heavy atom. The van der Waals surface area contributed by atoms with E-state index in [9.17, 15) is 4.79 Å². The zero-order valence-electron chi connectivity index (χ0n) is 8.86. The van der Waals surface area contributed by atoms with Crippen molar-refractivity contribution in [3.05, 3.63) is 41.5 Å². The third-order valence-corrected chi connectivity index (χ3v) is 2.12. The zero-order chi connectivity index (χ0) is 11.3. The van der Waals surface area contributed by atoms with Gasteiger partial charge in [-0.3, -0.25) is 0 Å². The molecule has 3 nitrogen and oxygen atoms in total. The first-order chi connectivity index (χ1) is 7.16. The molecule has 0 atom stereocenters. The molecular formula is C12H14O3. The van der Waals surface area contributed by atoms with Crippen LogP contribution in [-0.4, -0.2) is 24.8 Å². The van der Waals surface area contributed by atoms with Gasteiger partial charge in [0.2, 0.25) is 0 Å². The second kappa shape index (κ2) is 5.32. The summed E-state index contributed by atoms with van der Waals surface area (Å²) in [5.74, 6) is -0.929. The van der Waals surface area contributed by atoms with Crippen LogP contribution >= 0.6 is 0 Å². The quantitative estimate of drug-likeness (QED) is 0.767. The molecule has 0 heterocycles. The smallest absolute Gasteiger partial charge is 0.336 e. The molecule has 0 aliphatic rings. The van der Waals surface area contributed by atoms with Gasteiger partial charge < -0.3 is 9.84 Å². The van der Waals surface area contributed by atoms with Gasteiger partial charge in [0.1, 0.15) is 0 Å². The van der Waals surface area contributed by atoms with Gasteiger partial charge in [0.25, 0.3) is 0 Å². The standard InChI is InChI=1S/C12H14O3/c1-9-5-3-4-6-10(9)11(12(13)14)7-8-15-2/h3-7H,8H2,1-2H3,(H,13,14). The van der Waals surface area contributed by atoms with Crippen LogP contribution in [-0.2, 0) is 9.53 Å². The number of hydrogen-bond donors (Lipinski definition) is 1. The van der Waals surface area contributed by atoms with Crippen molar-refractivity contribution in [3.63, 3.8) is 0 Å². The molecule has 80 valence electrons. The summed E-state index contributed by atoms with van der Waals surface area (Å²) in [6.45, 7) is 2.19. The number of carboxylic acid groups (broad SMARTS) is 1. The Kier molecular flexibility index (Phi) is 4.06. The number of aryl methyl sites for hydroxylation is 1. The minimum Gasteiger partial charge on any atom is -0.478 e. The lowest BCUT2D eigenvalue weighted by molar-refractivity contribution is -0.130. The van der Waals surface area contributed by atoms with Crippen molar-refractivity contribution in [2.75, 3.05) is 13.7 Å². The van der Waals surface area contributed by atoms with E-state index in [-0.39, 0.29) is 5.57 Å². The van der Waals surface area contributed by atoms with Crippen LogP contribution in [0.1, 0.15) is 11.1 Å². The lowest BCUT2D eigenvalue weighted by Crippen LogP contribution is -2.02. The molecule has 0 saturated carbocycles. The highest BCUT2D eigenvalue weighted by Gasteiger charge is 2.11. The van der Waals surface area contributed by atoms with Crippen LogP contribution in [0.4, 0.5) is 0 Å². The van der Waals surface area contributed by atoms with Gasteiger partial charge in [0, 0.05) is 7.11 Å². The van der Waals surface area contributed by atoms with Gasteiger partial charge in [0.05, 0.1) is 12.2 Å². The molecule has 1 rings (SSSR count). The van der Waals surface area contributed by atoms with Gasteiger partial charge in [-0.2, -0.15) is 0 Å². The summed E-state index contributed by atoms with van der Waals surface area (Å²) in [7, 11) is 1.54. The molecule has 0 aromatic heterocycles. The molecule has 1 aromatic carbocycles. The number of rotatable bonds is 4. The van der Waals surface area contributed by atoms with Gasteiger partial charge in [0.15, 0.2) is 0 Å². The summed E-state index contributed by atoms with van der Waals surface area (Å²) in [6, 6.07) is 7.39. The third-order valence-electron chi connectivity index (χ3n) is 2.12. The summed E-state index contributed by atoms with van der Waals surface area (Å²) in [6.07, 6.45) is 1.57. The summed E-state index contributed by atoms with van der Waals surface area (Å²) in [4.78, 5) is 11.0. The normalized spacial score (nSPS) is 11.5. The Bertz CT molecular complexity index is 380. The van der Waals surface area contributed by atoms with Gasteiger partial charge in [-0.1, -0.05) is 24.3 Å². The first-order valence-electron chi connectivity index (χ1n) is 4.65. The molecule has 1 N–H and O–H groups in total. The molecule has 0 unspecified atom stereocenters. The van der Waals surface area contributed by atoms with Crippen molar-refractivity contribution in [2.24, 2.45) is 0 Å². The van der Waals surface area contributed by atoms with Crippen LogP contribution in [0, 0.1) is 6.92 Å².